The summed E-state index contributed by atoms with van der Waals surface area (Å²) in [4.78, 5) is 25.8. The van der Waals surface area contributed by atoms with Crippen LogP contribution in [0.2, 0.25) is 0 Å². The number of amides is 2. The Labute approximate surface area is 148 Å². The second kappa shape index (κ2) is 7.59. The fourth-order valence-electron chi connectivity index (χ4n) is 2.98. The molecule has 1 N–H and O–H groups in total. The van der Waals surface area contributed by atoms with Gasteiger partial charge in [0.05, 0.1) is 5.56 Å². The molecule has 2 amide bonds. The molecule has 0 aliphatic carbocycles. The van der Waals surface area contributed by atoms with E-state index in [1.54, 1.807) is 4.90 Å². The number of benzene rings is 2. The first-order chi connectivity index (χ1) is 12.5. The first-order valence-electron chi connectivity index (χ1n) is 8.19. The molecule has 0 bridgehead atoms. The number of carbonyl (C=O) groups excluding carboxylic acids is 2. The zero-order valence-corrected chi connectivity index (χ0v) is 13.8. The van der Waals surface area contributed by atoms with E-state index in [9.17, 15) is 22.8 Å². The minimum Gasteiger partial charge on any atom is -0.352 e. The summed E-state index contributed by atoms with van der Waals surface area (Å²) in [5, 5.41) is 2.49. The van der Waals surface area contributed by atoms with Gasteiger partial charge in [0, 0.05) is 32.0 Å². The van der Waals surface area contributed by atoms with Crippen LogP contribution >= 0.6 is 0 Å². The van der Waals surface area contributed by atoms with Crippen molar-refractivity contribution in [1.29, 1.82) is 0 Å². The summed E-state index contributed by atoms with van der Waals surface area (Å²) in [5.41, 5.74) is 0.448. The minimum absolute atomic E-state index is 0.0212. The molecule has 26 heavy (non-hydrogen) atoms. The van der Waals surface area contributed by atoms with Crippen molar-refractivity contribution >= 4 is 11.8 Å². The van der Waals surface area contributed by atoms with Gasteiger partial charge in [-0.05, 0) is 17.7 Å². The van der Waals surface area contributed by atoms with Gasteiger partial charge < -0.3 is 10.2 Å². The summed E-state index contributed by atoms with van der Waals surface area (Å²) in [6.07, 6.45) is 0.271. The Morgan fingerprint density at radius 3 is 2.54 bits per heavy atom. The highest BCUT2D eigenvalue weighted by Crippen LogP contribution is 2.20. The van der Waals surface area contributed by atoms with Crippen LogP contribution in [0.5, 0.6) is 0 Å². The molecule has 0 spiro atoms. The van der Waals surface area contributed by atoms with Crippen LogP contribution in [-0.4, -0.2) is 29.8 Å². The fourth-order valence-corrected chi connectivity index (χ4v) is 2.98. The summed E-state index contributed by atoms with van der Waals surface area (Å²) in [5.74, 6) is -5.53. The number of hydrogen-bond acceptors (Lipinski definition) is 2. The van der Waals surface area contributed by atoms with Crippen LogP contribution in [-0.2, 0) is 11.3 Å². The topological polar surface area (TPSA) is 49.4 Å². The molecule has 1 saturated heterocycles. The molecule has 1 unspecified atom stereocenters. The van der Waals surface area contributed by atoms with Crippen molar-refractivity contribution in [3.8, 4) is 0 Å². The molecular formula is C19H17F3N2O2. The minimum atomic E-state index is -1.68. The summed E-state index contributed by atoms with van der Waals surface area (Å²) in [7, 11) is 0. The SMILES string of the molecule is O=C(NCC1CC(=O)N(Cc2ccccc2)C1)c1ccc(F)c(F)c1F. The number of halogens is 3. The first-order valence-corrected chi connectivity index (χ1v) is 8.19. The van der Waals surface area contributed by atoms with Crippen LogP contribution in [0.4, 0.5) is 13.2 Å². The molecule has 1 aliphatic heterocycles. The third kappa shape index (κ3) is 3.87. The van der Waals surface area contributed by atoms with Crippen molar-refractivity contribution in [2.45, 2.75) is 13.0 Å². The molecule has 0 saturated carbocycles. The Kier molecular flexibility index (Phi) is 5.25. The van der Waals surface area contributed by atoms with Crippen molar-refractivity contribution in [3.05, 3.63) is 71.0 Å². The molecule has 1 atom stereocenters. The number of nitrogens with one attached hydrogen (secondary N) is 1. The number of carbonyl (C=O) groups is 2. The highest BCUT2D eigenvalue weighted by Gasteiger charge is 2.30. The van der Waals surface area contributed by atoms with Gasteiger partial charge in [0.2, 0.25) is 5.91 Å². The van der Waals surface area contributed by atoms with E-state index in [0.717, 1.165) is 11.6 Å². The Hall–Kier alpha value is -2.83. The van der Waals surface area contributed by atoms with Crippen LogP contribution in [0, 0.1) is 23.4 Å². The Balaban J connectivity index is 1.56. The molecule has 7 heteroatoms. The van der Waals surface area contributed by atoms with E-state index in [2.05, 4.69) is 5.32 Å². The van der Waals surface area contributed by atoms with E-state index in [1.165, 1.54) is 0 Å². The van der Waals surface area contributed by atoms with Crippen LogP contribution in [0.1, 0.15) is 22.3 Å². The van der Waals surface area contributed by atoms with Crippen LogP contribution in [0.3, 0.4) is 0 Å². The van der Waals surface area contributed by atoms with Gasteiger partial charge in [0.25, 0.3) is 5.91 Å². The van der Waals surface area contributed by atoms with E-state index < -0.39 is 28.9 Å². The maximum atomic E-state index is 13.6. The van der Waals surface area contributed by atoms with Crippen LogP contribution < -0.4 is 5.32 Å². The van der Waals surface area contributed by atoms with Crippen molar-refractivity contribution in [3.63, 3.8) is 0 Å². The standard InChI is InChI=1S/C19H17F3N2O2/c20-15-7-6-14(17(21)18(15)22)19(26)23-9-13-8-16(25)24(11-13)10-12-4-2-1-3-5-12/h1-7,13H,8-11H2,(H,23,26). The lowest BCUT2D eigenvalue weighted by Crippen LogP contribution is -2.31. The third-order valence-electron chi connectivity index (χ3n) is 4.34. The van der Waals surface area contributed by atoms with Crippen LogP contribution in [0.15, 0.2) is 42.5 Å². The molecule has 1 heterocycles. The van der Waals surface area contributed by atoms with Gasteiger partial charge >= 0.3 is 0 Å². The van der Waals surface area contributed by atoms with Gasteiger partial charge in [0.15, 0.2) is 17.5 Å². The second-order valence-corrected chi connectivity index (χ2v) is 6.26. The van der Waals surface area contributed by atoms with Crippen molar-refractivity contribution < 1.29 is 22.8 Å². The second-order valence-electron chi connectivity index (χ2n) is 6.26. The monoisotopic (exact) mass is 362 g/mol. The van der Waals surface area contributed by atoms with Crippen molar-refractivity contribution in [1.82, 2.24) is 10.2 Å². The van der Waals surface area contributed by atoms with Gasteiger partial charge in [-0.25, -0.2) is 13.2 Å². The van der Waals surface area contributed by atoms with Gasteiger partial charge in [0.1, 0.15) is 0 Å². The maximum absolute atomic E-state index is 13.6. The number of rotatable bonds is 5. The first kappa shape index (κ1) is 18.0. The molecule has 0 radical (unpaired) electrons. The Morgan fingerprint density at radius 2 is 1.81 bits per heavy atom. The Bertz CT molecular complexity index is 827. The quantitative estimate of drug-likeness (QED) is 0.832. The lowest BCUT2D eigenvalue weighted by atomic mass is 10.1. The average Bonchev–Trinajstić information content (AvgIpc) is 2.98. The van der Waals surface area contributed by atoms with E-state index >= 15 is 0 Å². The zero-order chi connectivity index (χ0) is 18.7. The van der Waals surface area contributed by atoms with Gasteiger partial charge in [-0.2, -0.15) is 0 Å². The van der Waals surface area contributed by atoms with Gasteiger partial charge in [-0.3, -0.25) is 9.59 Å². The fraction of sp³-hybridized carbons (Fsp3) is 0.263. The maximum Gasteiger partial charge on any atom is 0.254 e. The van der Waals surface area contributed by atoms with E-state index in [1.807, 2.05) is 30.3 Å². The van der Waals surface area contributed by atoms with Gasteiger partial charge in [-0.1, -0.05) is 30.3 Å². The molecule has 2 aromatic carbocycles. The predicted octanol–water partition coefficient (Wildman–Crippen LogP) is 2.88. The highest BCUT2D eigenvalue weighted by atomic mass is 19.2. The summed E-state index contributed by atoms with van der Waals surface area (Å²) < 4.78 is 39.8. The molecule has 2 aromatic rings. The lowest BCUT2D eigenvalue weighted by Gasteiger charge is -2.17. The zero-order valence-electron chi connectivity index (χ0n) is 13.8. The Morgan fingerprint density at radius 1 is 1.08 bits per heavy atom. The van der Waals surface area contributed by atoms with E-state index in [0.29, 0.717) is 19.2 Å². The average molecular weight is 362 g/mol. The summed E-state index contributed by atoms with van der Waals surface area (Å²) >= 11 is 0. The smallest absolute Gasteiger partial charge is 0.254 e. The van der Waals surface area contributed by atoms with E-state index in [4.69, 9.17) is 0 Å². The highest BCUT2D eigenvalue weighted by molar-refractivity contribution is 5.94. The van der Waals surface area contributed by atoms with E-state index in [-0.39, 0.29) is 24.8 Å². The molecular weight excluding hydrogens is 345 g/mol. The predicted molar refractivity (Wildman–Crippen MR) is 88.6 cm³/mol. The lowest BCUT2D eigenvalue weighted by molar-refractivity contribution is -0.128. The summed E-state index contributed by atoms with van der Waals surface area (Å²) in [6, 6.07) is 11.1. The number of hydrogen-bond donors (Lipinski definition) is 1. The molecule has 0 aromatic heterocycles. The molecule has 3 rings (SSSR count). The normalized spacial score (nSPS) is 16.8. The largest absolute Gasteiger partial charge is 0.352 e. The molecule has 1 aliphatic rings. The molecule has 136 valence electrons. The number of nitrogens with zero attached hydrogens (tertiary/aromatic N) is 1. The molecule has 4 nitrogen and oxygen atoms in total. The van der Waals surface area contributed by atoms with Gasteiger partial charge in [-0.15, -0.1) is 0 Å². The van der Waals surface area contributed by atoms with Crippen LogP contribution in [0.25, 0.3) is 0 Å². The number of likely N-dealkylation sites (tertiary alicyclic amines) is 1. The molecule has 1 fully saturated rings. The third-order valence-corrected chi connectivity index (χ3v) is 4.34. The van der Waals surface area contributed by atoms with Crippen molar-refractivity contribution in [2.24, 2.45) is 5.92 Å². The van der Waals surface area contributed by atoms with Crippen molar-refractivity contribution in [2.75, 3.05) is 13.1 Å². The summed E-state index contributed by atoms with van der Waals surface area (Å²) in [6.45, 7) is 1.10.